The van der Waals surface area contributed by atoms with Crippen LogP contribution in [0.25, 0.3) is 10.2 Å². The molecular weight excluding hydrogens is 526 g/mol. The highest BCUT2D eigenvalue weighted by Gasteiger charge is 2.50. The number of nitrogens with one attached hydrogen (secondary N) is 2. The molecule has 3 aromatic rings. The molecule has 1 saturated heterocycles. The number of hydrogen-bond donors (Lipinski definition) is 2. The van der Waals surface area contributed by atoms with Gasteiger partial charge < -0.3 is 10.2 Å². The number of benzene rings is 2. The first-order chi connectivity index (χ1) is 16.8. The van der Waals surface area contributed by atoms with Gasteiger partial charge in [0.1, 0.15) is 17.7 Å². The van der Waals surface area contributed by atoms with Crippen LogP contribution in [0.1, 0.15) is 5.56 Å². The van der Waals surface area contributed by atoms with Crippen LogP contribution in [-0.4, -0.2) is 61.7 Å². The summed E-state index contributed by atoms with van der Waals surface area (Å²) in [6, 6.07) is 4.69. The summed E-state index contributed by atoms with van der Waals surface area (Å²) in [7, 11) is -3.21. The molecule has 4 rings (SSSR count). The molecule has 0 aliphatic carbocycles. The van der Waals surface area contributed by atoms with Gasteiger partial charge in [0.25, 0.3) is 5.92 Å². The lowest BCUT2D eigenvalue weighted by atomic mass is 10.0. The van der Waals surface area contributed by atoms with E-state index in [9.17, 15) is 35.6 Å². The molecule has 1 aliphatic heterocycles. The van der Waals surface area contributed by atoms with Crippen LogP contribution < -0.4 is 14.9 Å². The van der Waals surface area contributed by atoms with Gasteiger partial charge in [-0.3, -0.25) is 4.79 Å². The van der Waals surface area contributed by atoms with Crippen molar-refractivity contribution in [2.45, 2.75) is 18.4 Å². The van der Waals surface area contributed by atoms with Gasteiger partial charge in [-0.25, -0.2) is 32.1 Å². The molecule has 1 aliphatic rings. The number of nitrogens with zero attached hydrogens (tertiary/aromatic N) is 3. The lowest BCUT2D eigenvalue weighted by molar-refractivity contribution is -0.120. The van der Waals surface area contributed by atoms with E-state index in [-0.39, 0.29) is 5.56 Å². The van der Waals surface area contributed by atoms with Crippen molar-refractivity contribution < 1.29 is 35.6 Å². The van der Waals surface area contributed by atoms with Crippen LogP contribution in [-0.2, 0) is 21.4 Å². The first-order valence-electron chi connectivity index (χ1n) is 10.3. The topological polar surface area (TPSA) is 112 Å². The first-order valence-corrected chi connectivity index (χ1v) is 12.7. The molecule has 1 aromatic heterocycles. The maximum absolute atomic E-state index is 13.7. The Kier molecular flexibility index (Phi) is 6.90. The number of alkyl halides is 2. The Morgan fingerprint density at radius 1 is 1.17 bits per heavy atom. The van der Waals surface area contributed by atoms with Crippen molar-refractivity contribution in [1.29, 1.82) is 0 Å². The van der Waals surface area contributed by atoms with Crippen molar-refractivity contribution in [2.24, 2.45) is 0 Å². The van der Waals surface area contributed by atoms with E-state index in [1.54, 1.807) is 28.4 Å². The highest BCUT2D eigenvalue weighted by Crippen LogP contribution is 2.28. The zero-order chi connectivity index (χ0) is 26.3. The number of hydrogen-bond acceptors (Lipinski definition) is 6. The molecular formula is C21H19F4N5O4S2. The van der Waals surface area contributed by atoms with E-state index in [1.165, 1.54) is 23.3 Å². The zero-order valence-corrected chi connectivity index (χ0v) is 20.2. The highest BCUT2D eigenvalue weighted by molar-refractivity contribution is 7.87. The predicted octanol–water partition coefficient (Wildman–Crippen LogP) is 2.64. The van der Waals surface area contributed by atoms with Gasteiger partial charge in [0.15, 0.2) is 0 Å². The van der Waals surface area contributed by atoms with Crippen LogP contribution in [0.3, 0.4) is 0 Å². The van der Waals surface area contributed by atoms with E-state index in [0.29, 0.717) is 21.6 Å². The summed E-state index contributed by atoms with van der Waals surface area (Å²) in [5.74, 6) is -5.77. The Labute approximate surface area is 206 Å². The van der Waals surface area contributed by atoms with Crippen LogP contribution in [0.15, 0.2) is 41.9 Å². The molecule has 3 amide bonds. The van der Waals surface area contributed by atoms with Gasteiger partial charge in [-0.2, -0.15) is 12.7 Å². The molecule has 2 heterocycles. The second-order valence-corrected chi connectivity index (χ2v) is 10.7. The second kappa shape index (κ2) is 9.63. The van der Waals surface area contributed by atoms with Crippen molar-refractivity contribution in [3.8, 4) is 0 Å². The van der Waals surface area contributed by atoms with Gasteiger partial charge in [-0.1, -0.05) is 0 Å². The van der Waals surface area contributed by atoms with Crippen molar-refractivity contribution >= 4 is 49.4 Å². The highest BCUT2D eigenvalue weighted by atomic mass is 32.2. The lowest BCUT2D eigenvalue weighted by Gasteiger charge is -2.37. The number of carbonyl (C=O) groups excluding carboxylic acids is 2. The zero-order valence-electron chi connectivity index (χ0n) is 18.5. The number of carbonyl (C=O) groups is 2. The molecule has 192 valence electrons. The van der Waals surface area contributed by atoms with Crippen molar-refractivity contribution in [2.75, 3.05) is 25.0 Å². The van der Waals surface area contributed by atoms with Crippen molar-refractivity contribution in [1.82, 2.24) is 19.3 Å². The van der Waals surface area contributed by atoms with E-state index in [2.05, 4.69) is 10.3 Å². The summed E-state index contributed by atoms with van der Waals surface area (Å²) in [4.78, 5) is 31.1. The van der Waals surface area contributed by atoms with E-state index >= 15 is 0 Å². The van der Waals surface area contributed by atoms with Gasteiger partial charge >= 0.3 is 16.2 Å². The molecule has 0 saturated carbocycles. The third kappa shape index (κ3) is 5.74. The normalized spacial score (nSPS) is 16.2. The molecule has 0 bridgehead atoms. The van der Waals surface area contributed by atoms with Crippen molar-refractivity contribution in [3.05, 3.63) is 59.1 Å². The number of urea groups is 1. The minimum absolute atomic E-state index is 0.0137. The molecule has 36 heavy (non-hydrogen) atoms. The average molecular weight is 546 g/mol. The summed E-state index contributed by atoms with van der Waals surface area (Å²) in [5, 5.41) is 2.17. The third-order valence-corrected chi connectivity index (χ3v) is 7.57. The Morgan fingerprint density at radius 2 is 1.83 bits per heavy atom. The summed E-state index contributed by atoms with van der Waals surface area (Å²) >= 11 is 1.39. The number of fused-ring (bicyclic) bond motifs is 1. The van der Waals surface area contributed by atoms with Gasteiger partial charge in [0.05, 0.1) is 28.8 Å². The minimum Gasteiger partial charge on any atom is -0.325 e. The monoisotopic (exact) mass is 545 g/mol. The van der Waals surface area contributed by atoms with Crippen LogP contribution >= 0.6 is 11.3 Å². The van der Waals surface area contributed by atoms with Crippen molar-refractivity contribution in [3.63, 3.8) is 0 Å². The third-order valence-electron chi connectivity index (χ3n) is 5.37. The van der Waals surface area contributed by atoms with Crippen LogP contribution in [0.5, 0.6) is 0 Å². The van der Waals surface area contributed by atoms with E-state index < -0.39 is 65.3 Å². The second-order valence-electron chi connectivity index (χ2n) is 8.14. The number of likely N-dealkylation sites (N-methyl/N-ethyl adjacent to an activating group) is 1. The molecule has 0 radical (unpaired) electrons. The van der Waals surface area contributed by atoms with Crippen LogP contribution in [0, 0.1) is 11.6 Å². The Balaban J connectivity index is 1.55. The minimum atomic E-state index is -4.60. The quantitative estimate of drug-likeness (QED) is 0.444. The average Bonchev–Trinajstić information content (AvgIpc) is 3.22. The summed E-state index contributed by atoms with van der Waals surface area (Å²) < 4.78 is 80.7. The number of rotatable bonds is 7. The van der Waals surface area contributed by atoms with Gasteiger partial charge in [-0.15, -0.1) is 11.3 Å². The smallest absolute Gasteiger partial charge is 0.325 e. The molecule has 9 nitrogen and oxygen atoms in total. The van der Waals surface area contributed by atoms with Crippen LogP contribution in [0.4, 0.5) is 28.0 Å². The Hall–Kier alpha value is -3.30. The lowest BCUT2D eigenvalue weighted by Crippen LogP contribution is -2.63. The standard InChI is InChI=1S/C21H19F4N5O4S2/c1-29(15-2-3-18-16(8-15)26-11-35-18)19(31)17(6-12-4-13(22)7-14(23)5-12)27-20(32)28-36(33,34)30-9-21(24,25)10-30/h2-5,7-8,11,17H,6,9-10H2,1H3,(H2,27,28,32)/t17-/m0/s1. The maximum Gasteiger partial charge on any atom is 0.330 e. The molecule has 15 heteroatoms. The Bertz CT molecular complexity index is 1400. The molecule has 2 aromatic carbocycles. The summed E-state index contributed by atoms with van der Waals surface area (Å²) in [5.41, 5.74) is 2.65. The number of thiazole rings is 1. The summed E-state index contributed by atoms with van der Waals surface area (Å²) in [6.07, 6.45) is -0.397. The first kappa shape index (κ1) is 25.8. The fraction of sp³-hybridized carbons (Fsp3) is 0.286. The van der Waals surface area contributed by atoms with E-state index in [0.717, 1.165) is 16.8 Å². The maximum atomic E-state index is 13.7. The molecule has 1 atom stereocenters. The molecule has 0 spiro atoms. The van der Waals surface area contributed by atoms with E-state index in [4.69, 9.17) is 0 Å². The van der Waals surface area contributed by atoms with E-state index in [1.807, 2.05) is 0 Å². The fourth-order valence-corrected chi connectivity index (χ4v) is 5.39. The number of halogens is 4. The van der Waals surface area contributed by atoms with Crippen LogP contribution in [0.2, 0.25) is 0 Å². The van der Waals surface area contributed by atoms with Gasteiger partial charge in [0.2, 0.25) is 5.91 Å². The fourth-order valence-electron chi connectivity index (χ4n) is 3.59. The number of amides is 3. The number of anilines is 1. The number of aromatic nitrogens is 1. The molecule has 0 unspecified atom stereocenters. The van der Waals surface area contributed by atoms with Gasteiger partial charge in [0, 0.05) is 25.2 Å². The largest absolute Gasteiger partial charge is 0.330 e. The Morgan fingerprint density at radius 3 is 2.47 bits per heavy atom. The van der Waals surface area contributed by atoms with Gasteiger partial charge in [-0.05, 0) is 35.9 Å². The molecule has 2 N–H and O–H groups in total. The molecule has 1 fully saturated rings. The predicted molar refractivity (Wildman–Crippen MR) is 124 cm³/mol. The summed E-state index contributed by atoms with van der Waals surface area (Å²) in [6.45, 7) is -2.19. The SMILES string of the molecule is CN(C(=O)[C@H](Cc1cc(F)cc(F)c1)NC(=O)NS(=O)(=O)N1CC(F)(F)C1)c1ccc2scnc2c1.